The predicted octanol–water partition coefficient (Wildman–Crippen LogP) is 1.94. The van der Waals surface area contributed by atoms with E-state index in [0.29, 0.717) is 12.5 Å². The molecule has 0 aromatic heterocycles. The van der Waals surface area contributed by atoms with Gasteiger partial charge in [0.05, 0.1) is 12.0 Å². The predicted molar refractivity (Wildman–Crippen MR) is 76.1 cm³/mol. The summed E-state index contributed by atoms with van der Waals surface area (Å²) in [5.74, 6) is 0.289. The molecule has 1 saturated heterocycles. The molecule has 0 aromatic rings. The van der Waals surface area contributed by atoms with Crippen molar-refractivity contribution in [2.24, 2.45) is 0 Å². The zero-order chi connectivity index (χ0) is 13.7. The Labute approximate surface area is 116 Å². The van der Waals surface area contributed by atoms with Crippen LogP contribution in [0.4, 0.5) is 0 Å². The summed E-state index contributed by atoms with van der Waals surface area (Å²) >= 11 is 0. The highest BCUT2D eigenvalue weighted by molar-refractivity contribution is 5.78. The van der Waals surface area contributed by atoms with Crippen molar-refractivity contribution in [3.63, 3.8) is 0 Å². The van der Waals surface area contributed by atoms with Gasteiger partial charge in [0.15, 0.2) is 0 Å². The molecule has 0 aromatic carbocycles. The third-order valence-corrected chi connectivity index (χ3v) is 4.67. The number of nitrogens with one attached hydrogen (secondary N) is 1. The summed E-state index contributed by atoms with van der Waals surface area (Å²) in [6.45, 7) is 5.06. The van der Waals surface area contributed by atoms with Crippen molar-refractivity contribution in [3.05, 3.63) is 0 Å². The average Bonchev–Trinajstić information content (AvgIpc) is 2.41. The number of hydrogen-bond donors (Lipinski definition) is 1. The number of nitrogens with zero attached hydrogens (tertiary/aromatic N) is 1. The van der Waals surface area contributed by atoms with Crippen LogP contribution in [0.1, 0.15) is 51.9 Å². The number of ether oxygens (including phenoxy) is 1. The molecule has 0 bridgehead atoms. The van der Waals surface area contributed by atoms with Crippen molar-refractivity contribution in [2.75, 3.05) is 26.7 Å². The lowest BCUT2D eigenvalue weighted by Gasteiger charge is -2.42. The summed E-state index contributed by atoms with van der Waals surface area (Å²) in [5.41, 5.74) is -0.148. The first kappa shape index (κ1) is 14.8. The van der Waals surface area contributed by atoms with E-state index in [1.165, 1.54) is 12.8 Å². The van der Waals surface area contributed by atoms with Gasteiger partial charge in [0, 0.05) is 26.2 Å². The first-order chi connectivity index (χ1) is 9.21. The van der Waals surface area contributed by atoms with Crippen molar-refractivity contribution in [1.29, 1.82) is 0 Å². The van der Waals surface area contributed by atoms with Gasteiger partial charge in [-0.05, 0) is 45.1 Å². The van der Waals surface area contributed by atoms with E-state index in [0.717, 1.165) is 45.3 Å². The number of methoxy groups -OCH3 is 1. The molecule has 0 radical (unpaired) electrons. The van der Waals surface area contributed by atoms with Gasteiger partial charge in [-0.3, -0.25) is 4.79 Å². The SMILES string of the molecule is CCCN(C(=O)CC1(OC)CCC1)C1CCCNC1. The minimum absolute atomic E-state index is 0.148. The molecule has 1 heterocycles. The largest absolute Gasteiger partial charge is 0.378 e. The molecule has 1 amide bonds. The molecule has 1 N–H and O–H groups in total. The molecule has 2 rings (SSSR count). The maximum absolute atomic E-state index is 12.6. The number of hydrogen-bond acceptors (Lipinski definition) is 3. The van der Waals surface area contributed by atoms with Gasteiger partial charge in [0.2, 0.25) is 5.91 Å². The molecule has 1 aliphatic heterocycles. The van der Waals surface area contributed by atoms with Gasteiger partial charge in [-0.2, -0.15) is 0 Å². The topological polar surface area (TPSA) is 41.6 Å². The van der Waals surface area contributed by atoms with Gasteiger partial charge in [0.1, 0.15) is 0 Å². The van der Waals surface area contributed by atoms with Crippen LogP contribution in [0.2, 0.25) is 0 Å². The minimum Gasteiger partial charge on any atom is -0.378 e. The molecule has 0 spiro atoms. The summed E-state index contributed by atoms with van der Waals surface area (Å²) in [6.07, 6.45) is 7.19. The van der Waals surface area contributed by atoms with E-state index in [-0.39, 0.29) is 11.5 Å². The Kier molecular flexibility index (Phi) is 5.22. The third kappa shape index (κ3) is 3.48. The van der Waals surface area contributed by atoms with E-state index < -0.39 is 0 Å². The quantitative estimate of drug-likeness (QED) is 0.800. The van der Waals surface area contributed by atoms with Gasteiger partial charge in [-0.1, -0.05) is 6.92 Å². The van der Waals surface area contributed by atoms with Crippen LogP contribution in [-0.2, 0) is 9.53 Å². The fraction of sp³-hybridized carbons (Fsp3) is 0.933. The lowest BCUT2D eigenvalue weighted by Crippen LogP contribution is -2.52. The highest BCUT2D eigenvalue weighted by Crippen LogP contribution is 2.38. The Balaban J connectivity index is 1.95. The maximum Gasteiger partial charge on any atom is 0.225 e. The van der Waals surface area contributed by atoms with E-state index >= 15 is 0 Å². The van der Waals surface area contributed by atoms with Crippen LogP contribution in [0.5, 0.6) is 0 Å². The Hall–Kier alpha value is -0.610. The minimum atomic E-state index is -0.148. The second-order valence-electron chi connectivity index (χ2n) is 6.00. The Bertz CT molecular complexity index is 291. The first-order valence-electron chi connectivity index (χ1n) is 7.76. The van der Waals surface area contributed by atoms with Crippen LogP contribution in [-0.4, -0.2) is 49.2 Å². The van der Waals surface area contributed by atoms with Gasteiger partial charge < -0.3 is 15.0 Å². The Morgan fingerprint density at radius 3 is 2.68 bits per heavy atom. The van der Waals surface area contributed by atoms with E-state index in [1.54, 1.807) is 7.11 Å². The van der Waals surface area contributed by atoms with Crippen LogP contribution >= 0.6 is 0 Å². The van der Waals surface area contributed by atoms with Crippen LogP contribution in [0, 0.1) is 0 Å². The molecule has 1 unspecified atom stereocenters. The number of piperidine rings is 1. The lowest BCUT2D eigenvalue weighted by atomic mass is 9.77. The zero-order valence-corrected chi connectivity index (χ0v) is 12.4. The molecular formula is C15H28N2O2. The summed E-state index contributed by atoms with van der Waals surface area (Å²) in [5, 5.41) is 3.41. The average molecular weight is 268 g/mol. The van der Waals surface area contributed by atoms with Crippen LogP contribution < -0.4 is 5.32 Å². The monoisotopic (exact) mass is 268 g/mol. The molecule has 1 atom stereocenters. The number of rotatable bonds is 6. The fourth-order valence-corrected chi connectivity index (χ4v) is 3.25. The van der Waals surface area contributed by atoms with Crippen molar-refractivity contribution in [1.82, 2.24) is 10.2 Å². The summed E-state index contributed by atoms with van der Waals surface area (Å²) in [7, 11) is 1.75. The second kappa shape index (κ2) is 6.71. The number of carbonyl (C=O) groups is 1. The standard InChI is InChI=1S/C15H28N2O2/c1-3-10-17(13-6-4-9-16-12-13)14(18)11-15(19-2)7-5-8-15/h13,16H,3-12H2,1-2H3. The second-order valence-corrected chi connectivity index (χ2v) is 6.00. The van der Waals surface area contributed by atoms with Crippen LogP contribution in [0.25, 0.3) is 0 Å². The summed E-state index contributed by atoms with van der Waals surface area (Å²) in [4.78, 5) is 14.7. The molecule has 4 nitrogen and oxygen atoms in total. The molecule has 110 valence electrons. The van der Waals surface area contributed by atoms with Gasteiger partial charge >= 0.3 is 0 Å². The van der Waals surface area contributed by atoms with Crippen molar-refractivity contribution < 1.29 is 9.53 Å². The normalized spacial score (nSPS) is 25.7. The zero-order valence-electron chi connectivity index (χ0n) is 12.4. The first-order valence-corrected chi connectivity index (χ1v) is 7.76. The third-order valence-electron chi connectivity index (χ3n) is 4.67. The maximum atomic E-state index is 12.6. The van der Waals surface area contributed by atoms with Crippen molar-refractivity contribution in [3.8, 4) is 0 Å². The molecule has 1 aliphatic carbocycles. The smallest absolute Gasteiger partial charge is 0.225 e. The fourth-order valence-electron chi connectivity index (χ4n) is 3.25. The van der Waals surface area contributed by atoms with Gasteiger partial charge in [0.25, 0.3) is 0 Å². The molecular weight excluding hydrogens is 240 g/mol. The molecule has 4 heteroatoms. The van der Waals surface area contributed by atoms with Gasteiger partial charge in [-0.15, -0.1) is 0 Å². The molecule has 2 aliphatic rings. The molecule has 2 fully saturated rings. The van der Waals surface area contributed by atoms with Crippen molar-refractivity contribution in [2.45, 2.75) is 63.5 Å². The number of carbonyl (C=O) groups excluding carboxylic acids is 1. The lowest BCUT2D eigenvalue weighted by molar-refractivity contribution is -0.146. The van der Waals surface area contributed by atoms with E-state index in [9.17, 15) is 4.79 Å². The Morgan fingerprint density at radius 1 is 1.42 bits per heavy atom. The van der Waals surface area contributed by atoms with E-state index in [2.05, 4.69) is 17.1 Å². The summed E-state index contributed by atoms with van der Waals surface area (Å²) < 4.78 is 5.60. The Morgan fingerprint density at radius 2 is 2.21 bits per heavy atom. The van der Waals surface area contributed by atoms with Crippen LogP contribution in [0.3, 0.4) is 0 Å². The summed E-state index contributed by atoms with van der Waals surface area (Å²) in [6, 6.07) is 0.384. The van der Waals surface area contributed by atoms with Gasteiger partial charge in [-0.25, -0.2) is 0 Å². The molecule has 1 saturated carbocycles. The van der Waals surface area contributed by atoms with E-state index in [1.807, 2.05) is 0 Å². The van der Waals surface area contributed by atoms with Crippen LogP contribution in [0.15, 0.2) is 0 Å². The van der Waals surface area contributed by atoms with Crippen molar-refractivity contribution >= 4 is 5.91 Å². The highest BCUT2D eigenvalue weighted by atomic mass is 16.5. The van der Waals surface area contributed by atoms with E-state index in [4.69, 9.17) is 4.74 Å². The highest BCUT2D eigenvalue weighted by Gasteiger charge is 2.40. The number of amides is 1. The molecule has 19 heavy (non-hydrogen) atoms.